The van der Waals surface area contributed by atoms with Crippen molar-refractivity contribution in [1.29, 1.82) is 5.26 Å². The first kappa shape index (κ1) is 13.3. The van der Waals surface area contributed by atoms with Crippen LogP contribution in [0.5, 0.6) is 0 Å². The molecule has 0 saturated carbocycles. The molecule has 1 aromatic rings. The Kier molecular flexibility index (Phi) is 4.74. The smallest absolute Gasteiger partial charge is 0.349 e. The number of carbonyl (C=O) groups is 1. The van der Waals surface area contributed by atoms with E-state index in [4.69, 9.17) is 21.6 Å². The number of nitrogens with zero attached hydrogens (tertiary/aromatic N) is 1. The molecule has 0 amide bonds. The molecule has 4 heteroatoms. The van der Waals surface area contributed by atoms with Crippen molar-refractivity contribution in [2.75, 3.05) is 0 Å². The second-order valence-corrected chi connectivity index (χ2v) is 4.11. The lowest BCUT2D eigenvalue weighted by Gasteiger charge is -2.06. The quantitative estimate of drug-likeness (QED) is 0.470. The van der Waals surface area contributed by atoms with E-state index in [1.807, 2.05) is 6.07 Å². The summed E-state index contributed by atoms with van der Waals surface area (Å²) >= 11 is 5.74. The van der Waals surface area contributed by atoms with E-state index in [2.05, 4.69) is 0 Å². The Bertz CT molecular complexity index is 469. The molecule has 0 N–H and O–H groups in total. The summed E-state index contributed by atoms with van der Waals surface area (Å²) in [6.45, 7) is 3.46. The second kappa shape index (κ2) is 6.07. The maximum atomic E-state index is 11.5. The van der Waals surface area contributed by atoms with Crippen LogP contribution in [-0.4, -0.2) is 12.1 Å². The van der Waals surface area contributed by atoms with Crippen molar-refractivity contribution in [3.8, 4) is 6.07 Å². The van der Waals surface area contributed by atoms with E-state index in [0.29, 0.717) is 5.02 Å². The standard InChI is InChI=1S/C13H12ClNO2/c1-9(2)17-13(16)11(8-15)7-10-3-5-12(14)6-4-10/h3-7,9H,1-2H3. The predicted molar refractivity (Wildman–Crippen MR) is 66.3 cm³/mol. The number of carbonyl (C=O) groups excluding carboxylic acids is 1. The molecule has 0 radical (unpaired) electrons. The van der Waals surface area contributed by atoms with Gasteiger partial charge < -0.3 is 4.74 Å². The van der Waals surface area contributed by atoms with Gasteiger partial charge in [0.25, 0.3) is 0 Å². The molecule has 0 unspecified atom stereocenters. The summed E-state index contributed by atoms with van der Waals surface area (Å²) in [7, 11) is 0. The number of benzene rings is 1. The van der Waals surface area contributed by atoms with Crippen LogP contribution in [0.3, 0.4) is 0 Å². The van der Waals surface area contributed by atoms with Crippen molar-refractivity contribution >= 4 is 23.6 Å². The van der Waals surface area contributed by atoms with Crippen molar-refractivity contribution in [2.24, 2.45) is 0 Å². The van der Waals surface area contributed by atoms with Gasteiger partial charge in [-0.3, -0.25) is 0 Å². The third kappa shape index (κ3) is 4.29. The Labute approximate surface area is 105 Å². The number of ether oxygens (including phenoxy) is 1. The molecular weight excluding hydrogens is 238 g/mol. The molecule has 0 spiro atoms. The highest BCUT2D eigenvalue weighted by Crippen LogP contribution is 2.13. The van der Waals surface area contributed by atoms with Crippen LogP contribution in [0.2, 0.25) is 5.02 Å². The predicted octanol–water partition coefficient (Wildman–Crippen LogP) is 3.20. The van der Waals surface area contributed by atoms with E-state index >= 15 is 0 Å². The van der Waals surface area contributed by atoms with Crippen LogP contribution >= 0.6 is 11.6 Å². The SMILES string of the molecule is CC(C)OC(=O)C(C#N)=Cc1ccc(Cl)cc1. The van der Waals surface area contributed by atoms with Gasteiger partial charge in [-0.05, 0) is 37.6 Å². The van der Waals surface area contributed by atoms with Gasteiger partial charge in [-0.25, -0.2) is 4.79 Å². The van der Waals surface area contributed by atoms with Crippen molar-refractivity contribution in [3.05, 3.63) is 40.4 Å². The largest absolute Gasteiger partial charge is 0.459 e. The molecule has 0 heterocycles. The first-order valence-electron chi connectivity index (χ1n) is 5.11. The minimum absolute atomic E-state index is 0.0268. The highest BCUT2D eigenvalue weighted by Gasteiger charge is 2.12. The zero-order chi connectivity index (χ0) is 12.8. The first-order valence-corrected chi connectivity index (χ1v) is 5.49. The van der Waals surface area contributed by atoms with Gasteiger partial charge in [-0.15, -0.1) is 0 Å². The lowest BCUT2D eigenvalue weighted by molar-refractivity contribution is -0.142. The number of halogens is 1. The van der Waals surface area contributed by atoms with E-state index in [9.17, 15) is 4.79 Å². The van der Waals surface area contributed by atoms with Crippen LogP contribution in [0.4, 0.5) is 0 Å². The Hall–Kier alpha value is -1.79. The van der Waals surface area contributed by atoms with Gasteiger partial charge in [0.2, 0.25) is 0 Å². The van der Waals surface area contributed by atoms with Gasteiger partial charge in [0.1, 0.15) is 11.6 Å². The first-order chi connectivity index (χ1) is 8.02. The van der Waals surface area contributed by atoms with Crippen molar-refractivity contribution < 1.29 is 9.53 Å². The molecule has 0 aliphatic carbocycles. The normalized spacial score (nSPS) is 11.1. The second-order valence-electron chi connectivity index (χ2n) is 3.68. The van der Waals surface area contributed by atoms with Crippen LogP contribution in [-0.2, 0) is 9.53 Å². The molecule has 0 aliphatic rings. The fourth-order valence-electron chi connectivity index (χ4n) is 1.14. The van der Waals surface area contributed by atoms with Crippen molar-refractivity contribution in [1.82, 2.24) is 0 Å². The zero-order valence-electron chi connectivity index (χ0n) is 9.61. The summed E-state index contributed by atoms with van der Waals surface area (Å²) in [5.74, 6) is -0.613. The van der Waals surface area contributed by atoms with Gasteiger partial charge in [0.15, 0.2) is 0 Å². The van der Waals surface area contributed by atoms with Gasteiger partial charge in [-0.1, -0.05) is 23.7 Å². The molecule has 0 atom stereocenters. The van der Waals surface area contributed by atoms with E-state index in [-0.39, 0.29) is 11.7 Å². The fourth-order valence-corrected chi connectivity index (χ4v) is 1.27. The number of hydrogen-bond acceptors (Lipinski definition) is 3. The Morgan fingerprint density at radius 2 is 2.00 bits per heavy atom. The van der Waals surface area contributed by atoms with Crippen LogP contribution in [0.15, 0.2) is 29.8 Å². The molecule has 3 nitrogen and oxygen atoms in total. The highest BCUT2D eigenvalue weighted by molar-refractivity contribution is 6.30. The topological polar surface area (TPSA) is 50.1 Å². The number of hydrogen-bond donors (Lipinski definition) is 0. The fraction of sp³-hybridized carbons (Fsp3) is 0.231. The van der Waals surface area contributed by atoms with Gasteiger partial charge in [0.05, 0.1) is 6.10 Å². The number of esters is 1. The maximum Gasteiger partial charge on any atom is 0.349 e. The Morgan fingerprint density at radius 1 is 1.41 bits per heavy atom. The minimum atomic E-state index is -0.613. The van der Waals surface area contributed by atoms with E-state index in [1.54, 1.807) is 38.1 Å². The van der Waals surface area contributed by atoms with Gasteiger partial charge in [0, 0.05) is 5.02 Å². The lowest BCUT2D eigenvalue weighted by atomic mass is 10.1. The summed E-state index contributed by atoms with van der Waals surface area (Å²) in [6, 6.07) is 8.65. The molecule has 0 aromatic heterocycles. The summed E-state index contributed by atoms with van der Waals surface area (Å²) in [5, 5.41) is 9.48. The lowest BCUT2D eigenvalue weighted by Crippen LogP contribution is -2.12. The summed E-state index contributed by atoms with van der Waals surface area (Å²) < 4.78 is 4.94. The van der Waals surface area contributed by atoms with Gasteiger partial charge >= 0.3 is 5.97 Å². The third-order valence-electron chi connectivity index (χ3n) is 1.86. The molecule has 17 heavy (non-hydrogen) atoms. The molecule has 0 fully saturated rings. The molecule has 1 aromatic carbocycles. The van der Waals surface area contributed by atoms with Crippen LogP contribution in [0.25, 0.3) is 6.08 Å². The number of rotatable bonds is 3. The summed E-state index contributed by atoms with van der Waals surface area (Å²) in [6.07, 6.45) is 1.23. The van der Waals surface area contributed by atoms with Crippen LogP contribution in [0.1, 0.15) is 19.4 Å². The minimum Gasteiger partial charge on any atom is -0.459 e. The van der Waals surface area contributed by atoms with E-state index < -0.39 is 5.97 Å². The molecule has 0 saturated heterocycles. The Balaban J connectivity index is 2.91. The van der Waals surface area contributed by atoms with E-state index in [1.165, 1.54) is 6.08 Å². The monoisotopic (exact) mass is 249 g/mol. The Morgan fingerprint density at radius 3 is 2.47 bits per heavy atom. The van der Waals surface area contributed by atoms with Crippen molar-refractivity contribution in [2.45, 2.75) is 20.0 Å². The number of nitriles is 1. The average molecular weight is 250 g/mol. The molecular formula is C13H12ClNO2. The van der Waals surface area contributed by atoms with Crippen LogP contribution in [0, 0.1) is 11.3 Å². The average Bonchev–Trinajstić information content (AvgIpc) is 2.27. The molecule has 0 aliphatic heterocycles. The van der Waals surface area contributed by atoms with Gasteiger partial charge in [-0.2, -0.15) is 5.26 Å². The maximum absolute atomic E-state index is 11.5. The summed E-state index contributed by atoms with van der Waals surface area (Å²) in [5.41, 5.74) is 0.702. The van der Waals surface area contributed by atoms with Crippen molar-refractivity contribution in [3.63, 3.8) is 0 Å². The highest BCUT2D eigenvalue weighted by atomic mass is 35.5. The molecule has 0 bridgehead atoms. The third-order valence-corrected chi connectivity index (χ3v) is 2.12. The summed E-state index contributed by atoms with van der Waals surface area (Å²) in [4.78, 5) is 11.5. The van der Waals surface area contributed by atoms with Crippen LogP contribution < -0.4 is 0 Å². The molecule has 1 rings (SSSR count). The molecule has 88 valence electrons. The van der Waals surface area contributed by atoms with E-state index in [0.717, 1.165) is 5.56 Å². The zero-order valence-corrected chi connectivity index (χ0v) is 10.4.